The average molecular weight is 451 g/mol. The Bertz CT molecular complexity index is 1180. The second-order valence-corrected chi connectivity index (χ2v) is 8.12. The molecule has 2 aromatic rings. The summed E-state index contributed by atoms with van der Waals surface area (Å²) in [5.74, 6) is -0.945. The lowest BCUT2D eigenvalue weighted by Crippen LogP contribution is -2.51. The topological polar surface area (TPSA) is 134 Å². The Hall–Kier alpha value is -4.08. The summed E-state index contributed by atoms with van der Waals surface area (Å²) in [7, 11) is 0. The van der Waals surface area contributed by atoms with Crippen molar-refractivity contribution in [3.05, 3.63) is 42.0 Å². The predicted molar refractivity (Wildman–Crippen MR) is 115 cm³/mol. The largest absolute Gasteiger partial charge is 0.481 e. The minimum atomic E-state index is -1.07. The summed E-state index contributed by atoms with van der Waals surface area (Å²) in [5.41, 5.74) is 2.39. The summed E-state index contributed by atoms with van der Waals surface area (Å²) in [4.78, 5) is 50.6. The van der Waals surface area contributed by atoms with Gasteiger partial charge in [-0.3, -0.25) is 19.2 Å². The molecule has 5 rings (SSSR count). The molecule has 3 heterocycles. The third-order valence-corrected chi connectivity index (χ3v) is 6.05. The number of amides is 3. The first-order valence-electron chi connectivity index (χ1n) is 10.6. The number of hydrogen-bond acceptors (Lipinski definition) is 6. The Morgan fingerprint density at radius 1 is 1.06 bits per heavy atom. The minimum Gasteiger partial charge on any atom is -0.481 e. The van der Waals surface area contributed by atoms with Gasteiger partial charge in [0.25, 0.3) is 5.91 Å². The Morgan fingerprint density at radius 2 is 1.82 bits per heavy atom. The van der Waals surface area contributed by atoms with E-state index in [0.717, 1.165) is 11.1 Å². The number of carbonyl (C=O) groups excluding carboxylic acids is 3. The van der Waals surface area contributed by atoms with Gasteiger partial charge in [-0.2, -0.15) is 0 Å². The van der Waals surface area contributed by atoms with Crippen LogP contribution in [0, 0.1) is 0 Å². The van der Waals surface area contributed by atoms with Crippen molar-refractivity contribution in [3.8, 4) is 22.6 Å². The van der Waals surface area contributed by atoms with Crippen LogP contribution in [-0.2, 0) is 14.4 Å². The molecule has 10 nitrogen and oxygen atoms in total. The van der Waals surface area contributed by atoms with Crippen molar-refractivity contribution < 1.29 is 33.8 Å². The Labute approximate surface area is 188 Å². The van der Waals surface area contributed by atoms with E-state index in [-0.39, 0.29) is 31.4 Å². The smallest absolute Gasteiger partial charge is 0.303 e. The number of benzene rings is 2. The highest BCUT2D eigenvalue weighted by molar-refractivity contribution is 6.11. The van der Waals surface area contributed by atoms with E-state index < -0.39 is 24.0 Å². The van der Waals surface area contributed by atoms with Gasteiger partial charge in [-0.1, -0.05) is 12.1 Å². The molecular formula is C23H21N3O7. The van der Waals surface area contributed by atoms with Gasteiger partial charge in [0.2, 0.25) is 18.6 Å². The Kier molecular flexibility index (Phi) is 5.12. The Balaban J connectivity index is 1.39. The van der Waals surface area contributed by atoms with E-state index in [0.29, 0.717) is 35.7 Å². The molecule has 170 valence electrons. The number of rotatable bonds is 5. The highest BCUT2D eigenvalue weighted by atomic mass is 16.7. The quantitative estimate of drug-likeness (QED) is 0.629. The lowest BCUT2D eigenvalue weighted by molar-refractivity contribution is -0.139. The van der Waals surface area contributed by atoms with Gasteiger partial charge >= 0.3 is 5.97 Å². The first-order valence-corrected chi connectivity index (χ1v) is 10.6. The van der Waals surface area contributed by atoms with E-state index in [4.69, 9.17) is 14.6 Å². The molecule has 0 bridgehead atoms. The molecule has 3 amide bonds. The number of fused-ring (bicyclic) bond motifs is 3. The van der Waals surface area contributed by atoms with E-state index in [1.165, 1.54) is 4.90 Å². The van der Waals surface area contributed by atoms with E-state index in [9.17, 15) is 19.2 Å². The highest BCUT2D eigenvalue weighted by Gasteiger charge is 2.45. The minimum absolute atomic E-state index is 0.165. The molecule has 33 heavy (non-hydrogen) atoms. The third-order valence-electron chi connectivity index (χ3n) is 6.05. The number of hydrogen-bond donors (Lipinski definition) is 3. The fraction of sp³-hybridized carbons (Fsp3) is 0.304. The first kappa shape index (κ1) is 20.8. The molecule has 3 aliphatic heterocycles. The Morgan fingerprint density at radius 3 is 2.64 bits per heavy atom. The lowest BCUT2D eigenvalue weighted by atomic mass is 10.0. The van der Waals surface area contributed by atoms with E-state index >= 15 is 0 Å². The summed E-state index contributed by atoms with van der Waals surface area (Å²) in [6, 6.07) is 9.30. The number of carboxylic acid groups (broad SMARTS) is 1. The van der Waals surface area contributed by atoms with Crippen LogP contribution in [0.15, 0.2) is 36.4 Å². The van der Waals surface area contributed by atoms with Crippen LogP contribution in [0.5, 0.6) is 11.5 Å². The van der Waals surface area contributed by atoms with Gasteiger partial charge in [-0.15, -0.1) is 0 Å². The summed E-state index contributed by atoms with van der Waals surface area (Å²) in [6.45, 7) is 0.465. The maximum Gasteiger partial charge on any atom is 0.303 e. The van der Waals surface area contributed by atoms with E-state index in [1.807, 2.05) is 18.2 Å². The zero-order valence-corrected chi connectivity index (χ0v) is 17.5. The SMILES string of the molecule is O=C(O)CCC(=O)N[C@H]1CCN2C(=O)c3cc(-c4ccc5c(c4)OCO5)ccc3NC(=O)[C@H]12. The number of carboxylic acids is 1. The zero-order valence-electron chi connectivity index (χ0n) is 17.5. The van der Waals surface area contributed by atoms with Crippen LogP contribution < -0.4 is 20.1 Å². The number of nitrogens with zero attached hydrogens (tertiary/aromatic N) is 1. The molecule has 0 radical (unpaired) electrons. The first-order chi connectivity index (χ1) is 15.9. The van der Waals surface area contributed by atoms with Gasteiger partial charge in [0.05, 0.1) is 23.7 Å². The predicted octanol–water partition coefficient (Wildman–Crippen LogP) is 1.60. The zero-order chi connectivity index (χ0) is 23.1. The third kappa shape index (κ3) is 3.84. The number of aliphatic carboxylic acids is 1. The molecule has 3 N–H and O–H groups in total. The molecular weight excluding hydrogens is 430 g/mol. The van der Waals surface area contributed by atoms with Crippen LogP contribution in [0.2, 0.25) is 0 Å². The molecule has 0 aliphatic carbocycles. The van der Waals surface area contributed by atoms with Crippen LogP contribution in [0.4, 0.5) is 5.69 Å². The van der Waals surface area contributed by atoms with Gasteiger partial charge in [0.15, 0.2) is 11.5 Å². The summed E-state index contributed by atoms with van der Waals surface area (Å²) >= 11 is 0. The monoisotopic (exact) mass is 451 g/mol. The van der Waals surface area contributed by atoms with Crippen molar-refractivity contribution in [2.24, 2.45) is 0 Å². The molecule has 2 aromatic carbocycles. The van der Waals surface area contributed by atoms with Crippen molar-refractivity contribution >= 4 is 29.4 Å². The van der Waals surface area contributed by atoms with Crippen LogP contribution in [-0.4, -0.2) is 59.1 Å². The summed E-state index contributed by atoms with van der Waals surface area (Å²) in [5, 5.41) is 14.3. The van der Waals surface area contributed by atoms with Crippen molar-refractivity contribution in [3.63, 3.8) is 0 Å². The van der Waals surface area contributed by atoms with Crippen molar-refractivity contribution in [1.29, 1.82) is 0 Å². The fourth-order valence-electron chi connectivity index (χ4n) is 4.44. The summed E-state index contributed by atoms with van der Waals surface area (Å²) < 4.78 is 10.8. The van der Waals surface area contributed by atoms with Crippen LogP contribution in [0.3, 0.4) is 0 Å². The van der Waals surface area contributed by atoms with Crippen LogP contribution in [0.1, 0.15) is 29.6 Å². The molecule has 0 aromatic heterocycles. The molecule has 0 spiro atoms. The molecule has 0 saturated carbocycles. The van der Waals surface area contributed by atoms with Gasteiger partial charge in [-0.05, 0) is 41.8 Å². The van der Waals surface area contributed by atoms with Gasteiger partial charge in [0.1, 0.15) is 6.04 Å². The average Bonchev–Trinajstić information content (AvgIpc) is 3.41. The van der Waals surface area contributed by atoms with E-state index in [1.54, 1.807) is 18.2 Å². The second-order valence-electron chi connectivity index (χ2n) is 8.12. The molecule has 1 fully saturated rings. The highest BCUT2D eigenvalue weighted by Crippen LogP contribution is 2.37. The fourth-order valence-corrected chi connectivity index (χ4v) is 4.44. The molecule has 0 unspecified atom stereocenters. The standard InChI is InChI=1S/C23H21N3O7/c27-19(5-6-20(28)29)24-16-7-8-26-21(16)22(30)25-15-3-1-12(9-14(15)23(26)31)13-2-4-17-18(10-13)33-11-32-17/h1-4,9-10,16,21H,5-8,11H2,(H,24,27)(H,25,30)(H,28,29)/t16-,21-/m0/s1. The maximum atomic E-state index is 13.4. The lowest BCUT2D eigenvalue weighted by Gasteiger charge is -2.24. The van der Waals surface area contributed by atoms with Gasteiger partial charge < -0.3 is 30.1 Å². The maximum absolute atomic E-state index is 13.4. The van der Waals surface area contributed by atoms with Crippen molar-refractivity contribution in [2.75, 3.05) is 18.7 Å². The van der Waals surface area contributed by atoms with Crippen LogP contribution in [0.25, 0.3) is 11.1 Å². The number of carbonyl (C=O) groups is 4. The number of nitrogens with one attached hydrogen (secondary N) is 2. The normalized spacial score (nSPS) is 20.5. The van der Waals surface area contributed by atoms with Crippen molar-refractivity contribution in [1.82, 2.24) is 10.2 Å². The number of ether oxygens (including phenoxy) is 2. The van der Waals surface area contributed by atoms with Gasteiger partial charge in [0, 0.05) is 13.0 Å². The van der Waals surface area contributed by atoms with E-state index in [2.05, 4.69) is 10.6 Å². The molecule has 10 heteroatoms. The molecule has 3 aliphatic rings. The summed E-state index contributed by atoms with van der Waals surface area (Å²) in [6.07, 6.45) is -0.0841. The molecule has 1 saturated heterocycles. The molecule has 2 atom stereocenters. The van der Waals surface area contributed by atoms with Gasteiger partial charge in [-0.25, -0.2) is 0 Å². The second kappa shape index (κ2) is 8.12. The number of anilines is 1. The van der Waals surface area contributed by atoms with Crippen molar-refractivity contribution in [2.45, 2.75) is 31.3 Å². The van der Waals surface area contributed by atoms with Crippen LogP contribution >= 0.6 is 0 Å².